The first kappa shape index (κ1) is 12.0. The summed E-state index contributed by atoms with van der Waals surface area (Å²) in [4.78, 5) is 0. The van der Waals surface area contributed by atoms with Crippen molar-refractivity contribution in [2.45, 2.75) is 26.6 Å². The molecule has 0 N–H and O–H groups in total. The number of benzene rings is 1. The molecule has 5 heteroatoms. The lowest BCUT2D eigenvalue weighted by atomic mass is 10.2. The first-order chi connectivity index (χ1) is 6.93. The Bertz CT molecular complexity index is 363. The maximum atomic E-state index is 13.0. The van der Waals surface area contributed by atoms with Gasteiger partial charge in [0.2, 0.25) is 0 Å². The molecule has 84 valence electrons. The number of hydrogen-bond acceptors (Lipinski definition) is 1. The molecular formula is C10H10F4O. The molecule has 1 aromatic rings. The van der Waals surface area contributed by atoms with Crippen LogP contribution in [0.1, 0.15) is 19.4 Å². The standard InChI is InChI=1S/C10H10F4O/c1-5(2)15-4-6-3-7(11)9(13)10(14)8(6)12/h3,5H,4H2,1-2H3. The summed E-state index contributed by atoms with van der Waals surface area (Å²) >= 11 is 0. The summed E-state index contributed by atoms with van der Waals surface area (Å²) in [5.41, 5.74) is -0.333. The third-order valence-electron chi connectivity index (χ3n) is 1.75. The summed E-state index contributed by atoms with van der Waals surface area (Å²) in [7, 11) is 0. The van der Waals surface area contributed by atoms with Crippen molar-refractivity contribution in [2.24, 2.45) is 0 Å². The van der Waals surface area contributed by atoms with Gasteiger partial charge in [0, 0.05) is 5.56 Å². The topological polar surface area (TPSA) is 9.23 Å². The van der Waals surface area contributed by atoms with E-state index in [1.165, 1.54) is 0 Å². The molecule has 0 aliphatic rings. The molecule has 0 saturated heterocycles. The van der Waals surface area contributed by atoms with Crippen LogP contribution in [0.5, 0.6) is 0 Å². The number of halogens is 4. The van der Waals surface area contributed by atoms with Crippen molar-refractivity contribution in [1.82, 2.24) is 0 Å². The monoisotopic (exact) mass is 222 g/mol. The van der Waals surface area contributed by atoms with Gasteiger partial charge in [0.15, 0.2) is 23.3 Å². The average Bonchev–Trinajstić information content (AvgIpc) is 2.18. The normalized spacial score (nSPS) is 11.1. The van der Waals surface area contributed by atoms with Crippen molar-refractivity contribution in [1.29, 1.82) is 0 Å². The Morgan fingerprint density at radius 1 is 1.07 bits per heavy atom. The first-order valence-electron chi connectivity index (χ1n) is 4.37. The number of rotatable bonds is 3. The molecule has 0 bridgehead atoms. The summed E-state index contributed by atoms with van der Waals surface area (Å²) < 4.78 is 56.0. The second-order valence-electron chi connectivity index (χ2n) is 3.32. The fourth-order valence-corrected chi connectivity index (χ4v) is 0.983. The lowest BCUT2D eigenvalue weighted by Gasteiger charge is -2.09. The van der Waals surface area contributed by atoms with Crippen molar-refractivity contribution < 1.29 is 22.3 Å². The van der Waals surface area contributed by atoms with Gasteiger partial charge in [0.1, 0.15) is 0 Å². The van der Waals surface area contributed by atoms with E-state index in [2.05, 4.69) is 0 Å². The van der Waals surface area contributed by atoms with E-state index >= 15 is 0 Å². The van der Waals surface area contributed by atoms with Crippen LogP contribution in [0.2, 0.25) is 0 Å². The van der Waals surface area contributed by atoms with Crippen molar-refractivity contribution in [3.8, 4) is 0 Å². The van der Waals surface area contributed by atoms with Crippen LogP contribution in [0.4, 0.5) is 17.6 Å². The van der Waals surface area contributed by atoms with Crippen LogP contribution >= 0.6 is 0 Å². The van der Waals surface area contributed by atoms with E-state index in [0.717, 1.165) is 0 Å². The fraction of sp³-hybridized carbons (Fsp3) is 0.400. The molecule has 0 heterocycles. The number of hydrogen-bond donors (Lipinski definition) is 0. The quantitative estimate of drug-likeness (QED) is 0.433. The Morgan fingerprint density at radius 3 is 2.20 bits per heavy atom. The van der Waals surface area contributed by atoms with E-state index in [1.54, 1.807) is 13.8 Å². The van der Waals surface area contributed by atoms with E-state index in [4.69, 9.17) is 4.74 Å². The highest BCUT2D eigenvalue weighted by atomic mass is 19.2. The molecule has 0 aromatic heterocycles. The van der Waals surface area contributed by atoms with Crippen molar-refractivity contribution >= 4 is 0 Å². The summed E-state index contributed by atoms with van der Waals surface area (Å²) in [6, 6.07) is 0.593. The van der Waals surface area contributed by atoms with Crippen LogP contribution in [-0.4, -0.2) is 6.10 Å². The van der Waals surface area contributed by atoms with Crippen LogP contribution in [0.15, 0.2) is 6.07 Å². The predicted molar refractivity (Wildman–Crippen MR) is 46.2 cm³/mol. The average molecular weight is 222 g/mol. The zero-order valence-corrected chi connectivity index (χ0v) is 8.28. The van der Waals surface area contributed by atoms with Gasteiger partial charge in [-0.25, -0.2) is 17.6 Å². The Balaban J connectivity index is 2.99. The molecule has 0 aliphatic heterocycles. The van der Waals surface area contributed by atoms with Gasteiger partial charge in [-0.1, -0.05) is 0 Å². The molecular weight excluding hydrogens is 212 g/mol. The van der Waals surface area contributed by atoms with E-state index in [-0.39, 0.29) is 18.3 Å². The maximum Gasteiger partial charge on any atom is 0.197 e. The molecule has 1 nitrogen and oxygen atoms in total. The van der Waals surface area contributed by atoms with Crippen molar-refractivity contribution in [3.63, 3.8) is 0 Å². The molecule has 0 unspecified atom stereocenters. The Kier molecular flexibility index (Phi) is 3.68. The smallest absolute Gasteiger partial charge is 0.197 e. The van der Waals surface area contributed by atoms with E-state index in [0.29, 0.717) is 6.07 Å². The second kappa shape index (κ2) is 4.61. The zero-order chi connectivity index (χ0) is 11.6. The second-order valence-corrected chi connectivity index (χ2v) is 3.32. The SMILES string of the molecule is CC(C)OCc1cc(F)c(F)c(F)c1F. The van der Waals surface area contributed by atoms with E-state index in [9.17, 15) is 17.6 Å². The van der Waals surface area contributed by atoms with Crippen LogP contribution in [0.25, 0.3) is 0 Å². The fourth-order valence-electron chi connectivity index (χ4n) is 0.983. The van der Waals surface area contributed by atoms with Gasteiger partial charge in [-0.15, -0.1) is 0 Å². The van der Waals surface area contributed by atoms with Gasteiger partial charge in [-0.05, 0) is 19.9 Å². The lowest BCUT2D eigenvalue weighted by molar-refractivity contribution is 0.0632. The predicted octanol–water partition coefficient (Wildman–Crippen LogP) is 3.17. The highest BCUT2D eigenvalue weighted by molar-refractivity contribution is 5.21. The van der Waals surface area contributed by atoms with Crippen LogP contribution in [0, 0.1) is 23.3 Å². The molecule has 0 saturated carbocycles. The molecule has 1 aromatic carbocycles. The van der Waals surface area contributed by atoms with Gasteiger partial charge in [0.05, 0.1) is 12.7 Å². The summed E-state index contributed by atoms with van der Waals surface area (Å²) in [6.07, 6.45) is -0.208. The Morgan fingerprint density at radius 2 is 1.67 bits per heavy atom. The molecule has 1 rings (SSSR count). The molecule has 0 spiro atoms. The Labute approximate surface area is 84.7 Å². The first-order valence-corrected chi connectivity index (χ1v) is 4.37. The molecule has 0 amide bonds. The lowest BCUT2D eigenvalue weighted by Crippen LogP contribution is -2.07. The van der Waals surface area contributed by atoms with Gasteiger partial charge in [0.25, 0.3) is 0 Å². The maximum absolute atomic E-state index is 13.0. The third kappa shape index (κ3) is 2.68. The van der Waals surface area contributed by atoms with Gasteiger partial charge >= 0.3 is 0 Å². The minimum Gasteiger partial charge on any atom is -0.374 e. The van der Waals surface area contributed by atoms with Crippen molar-refractivity contribution in [3.05, 3.63) is 34.9 Å². The summed E-state index contributed by atoms with van der Waals surface area (Å²) in [5, 5.41) is 0. The molecule has 0 radical (unpaired) electrons. The Hall–Kier alpha value is -1.10. The van der Waals surface area contributed by atoms with Gasteiger partial charge in [-0.3, -0.25) is 0 Å². The highest BCUT2D eigenvalue weighted by Gasteiger charge is 2.18. The zero-order valence-electron chi connectivity index (χ0n) is 8.28. The van der Waals surface area contributed by atoms with E-state index in [1.807, 2.05) is 0 Å². The molecule has 0 aliphatic carbocycles. The van der Waals surface area contributed by atoms with Crippen LogP contribution < -0.4 is 0 Å². The molecule has 15 heavy (non-hydrogen) atoms. The summed E-state index contributed by atoms with van der Waals surface area (Å²) in [6.45, 7) is 3.08. The third-order valence-corrected chi connectivity index (χ3v) is 1.75. The van der Waals surface area contributed by atoms with Crippen LogP contribution in [0.3, 0.4) is 0 Å². The van der Waals surface area contributed by atoms with Gasteiger partial charge < -0.3 is 4.74 Å². The van der Waals surface area contributed by atoms with Crippen LogP contribution in [-0.2, 0) is 11.3 Å². The van der Waals surface area contributed by atoms with E-state index < -0.39 is 23.3 Å². The summed E-state index contributed by atoms with van der Waals surface area (Å²) in [5.74, 6) is -6.44. The molecule has 0 atom stereocenters. The largest absolute Gasteiger partial charge is 0.374 e. The number of ether oxygens (including phenoxy) is 1. The minimum atomic E-state index is -1.81. The van der Waals surface area contributed by atoms with Gasteiger partial charge in [-0.2, -0.15) is 0 Å². The van der Waals surface area contributed by atoms with Crippen molar-refractivity contribution in [2.75, 3.05) is 0 Å². The highest BCUT2D eigenvalue weighted by Crippen LogP contribution is 2.19. The minimum absolute atomic E-state index is 0.208. The molecule has 0 fully saturated rings.